The molecule has 1 saturated carbocycles. The van der Waals surface area contributed by atoms with Gasteiger partial charge in [0.05, 0.1) is 15.2 Å². The number of aryl methyl sites for hydroxylation is 1. The molecule has 0 bridgehead atoms. The van der Waals surface area contributed by atoms with Crippen molar-refractivity contribution in [3.8, 4) is 11.4 Å². The molecule has 0 unspecified atom stereocenters. The number of nitrogens with zero attached hydrogens (tertiary/aromatic N) is 5. The van der Waals surface area contributed by atoms with Crippen LogP contribution in [0.5, 0.6) is 0 Å². The molecule has 2 atom stereocenters. The number of hydrogen-bond donors (Lipinski definition) is 0. The Balaban J connectivity index is 0.00000228. The number of rotatable bonds is 7. The summed E-state index contributed by atoms with van der Waals surface area (Å²) in [6.45, 7) is 5.69. The van der Waals surface area contributed by atoms with Crippen LogP contribution in [-0.4, -0.2) is 50.0 Å². The second-order valence-electron chi connectivity index (χ2n) is 9.14. The van der Waals surface area contributed by atoms with Gasteiger partial charge in [0, 0.05) is 36.9 Å². The van der Waals surface area contributed by atoms with Gasteiger partial charge in [0.1, 0.15) is 0 Å². The molecule has 8 heteroatoms. The molecule has 33 heavy (non-hydrogen) atoms. The third kappa shape index (κ3) is 4.20. The highest BCUT2D eigenvalue weighted by Gasteiger charge is 2.60. The van der Waals surface area contributed by atoms with Crippen molar-refractivity contribution in [1.82, 2.24) is 24.6 Å². The van der Waals surface area contributed by atoms with Crippen LogP contribution >= 0.6 is 35.5 Å². The zero-order valence-corrected chi connectivity index (χ0v) is 21.3. The normalized spacial score (nSPS) is 21.8. The van der Waals surface area contributed by atoms with E-state index in [9.17, 15) is 0 Å². The summed E-state index contributed by atoms with van der Waals surface area (Å²) in [4.78, 5) is 7.38. The van der Waals surface area contributed by atoms with Gasteiger partial charge in [-0.2, -0.15) is 0 Å². The average Bonchev–Trinajstić information content (AvgIpc) is 3.07. The summed E-state index contributed by atoms with van der Waals surface area (Å²) in [5.74, 6) is 2.82. The maximum absolute atomic E-state index is 4.72. The maximum Gasteiger partial charge on any atom is 0.191 e. The first-order valence-electron chi connectivity index (χ1n) is 11.3. The topological polar surface area (TPSA) is 46.8 Å². The number of likely N-dealkylation sites (tertiary alicyclic amines) is 1. The molecule has 5 nitrogen and oxygen atoms in total. The SMILES string of the molecule is Cc1nc2cc([C@@]34C[C@@H]3CN(CCCSc3nnc(-c5ccccc5)n3C)C4)ccc2s1.Cl. The van der Waals surface area contributed by atoms with Crippen molar-refractivity contribution in [3.63, 3.8) is 0 Å². The van der Waals surface area contributed by atoms with Crippen LogP contribution in [0.4, 0.5) is 0 Å². The van der Waals surface area contributed by atoms with Gasteiger partial charge in [-0.3, -0.25) is 0 Å². The molecule has 172 valence electrons. The van der Waals surface area contributed by atoms with Crippen LogP contribution in [0.2, 0.25) is 0 Å². The maximum atomic E-state index is 4.72. The van der Waals surface area contributed by atoms with Gasteiger partial charge in [0.25, 0.3) is 0 Å². The van der Waals surface area contributed by atoms with Crippen molar-refractivity contribution >= 4 is 45.7 Å². The van der Waals surface area contributed by atoms with Crippen molar-refractivity contribution < 1.29 is 0 Å². The van der Waals surface area contributed by atoms with Gasteiger partial charge in [0.2, 0.25) is 0 Å². The van der Waals surface area contributed by atoms with E-state index < -0.39 is 0 Å². The van der Waals surface area contributed by atoms with Crippen molar-refractivity contribution in [2.75, 3.05) is 25.4 Å². The Kier molecular flexibility index (Phi) is 6.25. The Morgan fingerprint density at radius 1 is 1.15 bits per heavy atom. The summed E-state index contributed by atoms with van der Waals surface area (Å²) in [6.07, 6.45) is 2.51. The zero-order valence-electron chi connectivity index (χ0n) is 18.9. The van der Waals surface area contributed by atoms with Gasteiger partial charge in [-0.25, -0.2) is 4.98 Å². The predicted octanol–water partition coefficient (Wildman–Crippen LogP) is 5.58. The van der Waals surface area contributed by atoms with Gasteiger partial charge in [0.15, 0.2) is 11.0 Å². The van der Waals surface area contributed by atoms with E-state index in [0.29, 0.717) is 5.41 Å². The van der Waals surface area contributed by atoms with Gasteiger partial charge in [-0.15, -0.1) is 33.9 Å². The molecule has 1 aliphatic carbocycles. The number of hydrogen-bond acceptors (Lipinski definition) is 6. The van der Waals surface area contributed by atoms with E-state index in [2.05, 4.69) is 64.0 Å². The minimum absolute atomic E-state index is 0. The molecule has 6 rings (SSSR count). The quantitative estimate of drug-likeness (QED) is 0.246. The van der Waals surface area contributed by atoms with Crippen LogP contribution in [0.15, 0.2) is 53.7 Å². The number of thioether (sulfide) groups is 1. The lowest BCUT2D eigenvalue weighted by molar-refractivity contribution is 0.299. The number of benzene rings is 2. The molecular weight excluding hydrogens is 470 g/mol. The third-order valence-electron chi connectivity index (χ3n) is 7.00. The van der Waals surface area contributed by atoms with Crippen LogP contribution in [-0.2, 0) is 12.5 Å². The second-order valence-corrected chi connectivity index (χ2v) is 11.4. The summed E-state index contributed by atoms with van der Waals surface area (Å²) < 4.78 is 3.42. The van der Waals surface area contributed by atoms with Crippen LogP contribution in [0.3, 0.4) is 0 Å². The minimum atomic E-state index is 0. The van der Waals surface area contributed by atoms with Crippen molar-refractivity contribution in [1.29, 1.82) is 0 Å². The molecule has 2 aromatic carbocycles. The summed E-state index contributed by atoms with van der Waals surface area (Å²) >= 11 is 3.61. The summed E-state index contributed by atoms with van der Waals surface area (Å²) in [5.41, 5.74) is 4.18. The lowest BCUT2D eigenvalue weighted by Crippen LogP contribution is -2.27. The molecule has 1 aliphatic heterocycles. The fourth-order valence-corrected chi connectivity index (χ4v) is 6.93. The summed E-state index contributed by atoms with van der Waals surface area (Å²) in [5, 5.41) is 11.0. The average molecular weight is 498 g/mol. The van der Waals surface area contributed by atoms with E-state index in [1.807, 2.05) is 30.0 Å². The molecule has 0 N–H and O–H groups in total. The third-order valence-corrected chi connectivity index (χ3v) is 9.06. The Morgan fingerprint density at radius 3 is 2.85 bits per heavy atom. The lowest BCUT2D eigenvalue weighted by Gasteiger charge is -2.21. The largest absolute Gasteiger partial charge is 0.305 e. The van der Waals surface area contributed by atoms with E-state index >= 15 is 0 Å². The lowest BCUT2D eigenvalue weighted by atomic mass is 9.95. The van der Waals surface area contributed by atoms with Gasteiger partial charge >= 0.3 is 0 Å². The molecule has 4 aromatic rings. The number of aromatic nitrogens is 4. The molecule has 3 heterocycles. The van der Waals surface area contributed by atoms with Crippen LogP contribution in [0.1, 0.15) is 23.4 Å². The predicted molar refractivity (Wildman–Crippen MR) is 140 cm³/mol. The Labute approximate surface area is 209 Å². The number of halogens is 1. The molecular formula is C25H28ClN5S2. The van der Waals surface area contributed by atoms with Crippen molar-refractivity contribution in [3.05, 3.63) is 59.1 Å². The van der Waals surface area contributed by atoms with Gasteiger partial charge in [-0.1, -0.05) is 48.2 Å². The van der Waals surface area contributed by atoms with Crippen molar-refractivity contribution in [2.24, 2.45) is 13.0 Å². The van der Waals surface area contributed by atoms with Crippen LogP contribution in [0.25, 0.3) is 21.6 Å². The molecule has 0 amide bonds. The molecule has 2 aromatic heterocycles. The monoisotopic (exact) mass is 497 g/mol. The van der Waals surface area contributed by atoms with E-state index in [4.69, 9.17) is 4.98 Å². The molecule has 2 fully saturated rings. The number of thiazole rings is 1. The van der Waals surface area contributed by atoms with E-state index in [0.717, 1.165) is 39.8 Å². The fraction of sp³-hybridized carbons (Fsp3) is 0.400. The zero-order chi connectivity index (χ0) is 21.7. The first-order chi connectivity index (χ1) is 15.6. The molecule has 1 saturated heterocycles. The smallest absolute Gasteiger partial charge is 0.191 e. The van der Waals surface area contributed by atoms with Crippen molar-refractivity contribution in [2.45, 2.75) is 30.3 Å². The Bertz CT molecular complexity index is 1270. The van der Waals surface area contributed by atoms with E-state index in [1.165, 1.54) is 41.7 Å². The number of fused-ring (bicyclic) bond motifs is 2. The summed E-state index contributed by atoms with van der Waals surface area (Å²) in [6, 6.07) is 17.3. The van der Waals surface area contributed by atoms with Gasteiger partial charge in [-0.05, 0) is 49.9 Å². The number of piperidine rings is 1. The first kappa shape index (κ1) is 22.8. The second kappa shape index (κ2) is 9.02. The molecule has 2 aliphatic rings. The highest BCUT2D eigenvalue weighted by atomic mass is 35.5. The highest BCUT2D eigenvalue weighted by Crippen LogP contribution is 2.59. The minimum Gasteiger partial charge on any atom is -0.305 e. The standard InChI is InChI=1S/C25H27N5S2.ClH/c1-17-26-21-13-19(9-10-22(21)32-17)25-14-20(25)15-30(16-25)11-6-12-31-24-28-27-23(29(24)2)18-7-4-3-5-8-18;/h3-5,7-10,13,20H,6,11-12,14-16H2,1-2H3;1H/t20-,25+;/m1./s1. The van der Waals surface area contributed by atoms with Crippen LogP contribution in [0, 0.1) is 12.8 Å². The van der Waals surface area contributed by atoms with E-state index in [1.54, 1.807) is 11.3 Å². The summed E-state index contributed by atoms with van der Waals surface area (Å²) in [7, 11) is 2.06. The molecule has 0 radical (unpaired) electrons. The van der Waals surface area contributed by atoms with Crippen LogP contribution < -0.4 is 0 Å². The van der Waals surface area contributed by atoms with E-state index in [-0.39, 0.29) is 12.4 Å². The fourth-order valence-electron chi connectivity index (χ4n) is 5.29. The molecule has 0 spiro atoms. The highest BCUT2D eigenvalue weighted by molar-refractivity contribution is 7.99. The Hall–Kier alpha value is -1.93. The Morgan fingerprint density at radius 2 is 2.00 bits per heavy atom. The van der Waals surface area contributed by atoms with Gasteiger partial charge < -0.3 is 9.47 Å². The first-order valence-corrected chi connectivity index (χ1v) is 13.1.